The zero-order chi connectivity index (χ0) is 14.4. The molecule has 3 nitrogen and oxygen atoms in total. The number of hydrogen-bond acceptors (Lipinski definition) is 3. The number of rotatable bonds is 6. The molecule has 0 fully saturated rings. The molecular formula is C17H22N2O. The number of aryl methyl sites for hydroxylation is 1. The van der Waals surface area contributed by atoms with E-state index >= 15 is 0 Å². The van der Waals surface area contributed by atoms with E-state index in [-0.39, 0.29) is 0 Å². The highest BCUT2D eigenvalue weighted by atomic mass is 16.5. The molecule has 0 aliphatic carbocycles. The Labute approximate surface area is 121 Å². The van der Waals surface area contributed by atoms with Crippen molar-refractivity contribution in [3.05, 3.63) is 47.8 Å². The molecule has 2 rings (SSSR count). The molecule has 0 aliphatic rings. The summed E-state index contributed by atoms with van der Waals surface area (Å²) in [4.78, 5) is 4.17. The summed E-state index contributed by atoms with van der Waals surface area (Å²) in [5.41, 5.74) is 4.92. The lowest BCUT2D eigenvalue weighted by molar-refractivity contribution is 0.414. The zero-order valence-corrected chi connectivity index (χ0v) is 12.4. The van der Waals surface area contributed by atoms with Crippen LogP contribution in [0.4, 0.5) is 0 Å². The molecule has 0 bridgehead atoms. The zero-order valence-electron chi connectivity index (χ0n) is 12.4. The van der Waals surface area contributed by atoms with Gasteiger partial charge < -0.3 is 10.1 Å². The third kappa shape index (κ3) is 3.36. The number of nitrogens with zero attached hydrogens (tertiary/aromatic N) is 1. The molecule has 0 aliphatic heterocycles. The Morgan fingerprint density at radius 3 is 2.75 bits per heavy atom. The van der Waals surface area contributed by atoms with E-state index in [0.717, 1.165) is 25.3 Å². The van der Waals surface area contributed by atoms with Gasteiger partial charge >= 0.3 is 0 Å². The van der Waals surface area contributed by atoms with Gasteiger partial charge in [0.25, 0.3) is 0 Å². The fourth-order valence-electron chi connectivity index (χ4n) is 2.28. The van der Waals surface area contributed by atoms with E-state index in [9.17, 15) is 0 Å². The molecule has 20 heavy (non-hydrogen) atoms. The quantitative estimate of drug-likeness (QED) is 0.815. The van der Waals surface area contributed by atoms with Crippen LogP contribution in [0.1, 0.15) is 24.5 Å². The molecule has 0 saturated carbocycles. The van der Waals surface area contributed by atoms with Crippen molar-refractivity contribution in [3.63, 3.8) is 0 Å². The van der Waals surface area contributed by atoms with Gasteiger partial charge in [-0.05, 0) is 60.3 Å². The van der Waals surface area contributed by atoms with Gasteiger partial charge in [-0.3, -0.25) is 4.98 Å². The fourth-order valence-corrected chi connectivity index (χ4v) is 2.28. The molecule has 1 heterocycles. The number of methoxy groups -OCH3 is 1. The minimum atomic E-state index is 0.849. The molecule has 1 aromatic carbocycles. The lowest BCUT2D eigenvalue weighted by atomic mass is 9.97. The Bertz CT molecular complexity index is 567. The van der Waals surface area contributed by atoms with Crippen molar-refractivity contribution >= 4 is 0 Å². The predicted octanol–water partition coefficient (Wildman–Crippen LogP) is 3.57. The van der Waals surface area contributed by atoms with E-state index in [1.807, 2.05) is 18.5 Å². The van der Waals surface area contributed by atoms with Crippen molar-refractivity contribution in [2.45, 2.75) is 26.8 Å². The molecule has 1 N–H and O–H groups in total. The summed E-state index contributed by atoms with van der Waals surface area (Å²) in [5.74, 6) is 0.897. The first-order valence-corrected chi connectivity index (χ1v) is 7.05. The molecule has 0 saturated heterocycles. The molecule has 2 aromatic rings. The van der Waals surface area contributed by atoms with Gasteiger partial charge in [-0.1, -0.05) is 13.0 Å². The summed E-state index contributed by atoms with van der Waals surface area (Å²) in [5, 5.41) is 3.46. The Hall–Kier alpha value is -1.87. The summed E-state index contributed by atoms with van der Waals surface area (Å²) in [6.07, 6.45) is 4.88. The molecule has 0 radical (unpaired) electrons. The maximum Gasteiger partial charge on any atom is 0.119 e. The van der Waals surface area contributed by atoms with Gasteiger partial charge in [-0.25, -0.2) is 0 Å². The van der Waals surface area contributed by atoms with Crippen LogP contribution in [0.15, 0.2) is 36.7 Å². The third-order valence-corrected chi connectivity index (χ3v) is 3.37. The van der Waals surface area contributed by atoms with Crippen LogP contribution in [-0.4, -0.2) is 18.6 Å². The summed E-state index contributed by atoms with van der Waals surface area (Å²) in [6.45, 7) is 6.14. The standard InChI is InChI=1S/C17H22N2O/c1-4-8-18-12-14-10-15(20-3)5-6-17(14)16-7-9-19-11-13(16)2/h5-7,9-11,18H,4,8,12H2,1-3H3. The van der Waals surface area contributed by atoms with Gasteiger partial charge in [-0.15, -0.1) is 0 Å². The molecule has 0 unspecified atom stereocenters. The molecule has 0 spiro atoms. The number of nitrogens with one attached hydrogen (secondary N) is 1. The number of aromatic nitrogens is 1. The van der Waals surface area contributed by atoms with Crippen LogP contribution in [0, 0.1) is 6.92 Å². The Morgan fingerprint density at radius 2 is 2.05 bits per heavy atom. The van der Waals surface area contributed by atoms with Crippen LogP contribution in [0.3, 0.4) is 0 Å². The van der Waals surface area contributed by atoms with Crippen LogP contribution < -0.4 is 10.1 Å². The smallest absolute Gasteiger partial charge is 0.119 e. The normalized spacial score (nSPS) is 10.6. The average molecular weight is 270 g/mol. The van der Waals surface area contributed by atoms with Gasteiger partial charge in [0.1, 0.15) is 5.75 Å². The van der Waals surface area contributed by atoms with Gasteiger partial charge in [0.05, 0.1) is 7.11 Å². The maximum absolute atomic E-state index is 5.34. The maximum atomic E-state index is 5.34. The van der Waals surface area contributed by atoms with E-state index in [2.05, 4.69) is 42.3 Å². The highest BCUT2D eigenvalue weighted by molar-refractivity contribution is 5.70. The van der Waals surface area contributed by atoms with Gasteiger partial charge in [0.2, 0.25) is 0 Å². The van der Waals surface area contributed by atoms with Crippen molar-refractivity contribution in [1.82, 2.24) is 10.3 Å². The highest BCUT2D eigenvalue weighted by Gasteiger charge is 2.09. The first-order valence-electron chi connectivity index (χ1n) is 7.05. The lowest BCUT2D eigenvalue weighted by Gasteiger charge is -2.14. The van der Waals surface area contributed by atoms with Crippen molar-refractivity contribution in [2.75, 3.05) is 13.7 Å². The van der Waals surface area contributed by atoms with Crippen LogP contribution in [0.2, 0.25) is 0 Å². The Balaban J connectivity index is 2.38. The molecule has 0 atom stereocenters. The Morgan fingerprint density at radius 1 is 1.20 bits per heavy atom. The van der Waals surface area contributed by atoms with Gasteiger partial charge in [-0.2, -0.15) is 0 Å². The monoisotopic (exact) mass is 270 g/mol. The molecular weight excluding hydrogens is 248 g/mol. The van der Waals surface area contributed by atoms with E-state index in [4.69, 9.17) is 4.74 Å². The summed E-state index contributed by atoms with van der Waals surface area (Å²) < 4.78 is 5.34. The predicted molar refractivity (Wildman–Crippen MR) is 83.0 cm³/mol. The van der Waals surface area contributed by atoms with Crippen LogP contribution >= 0.6 is 0 Å². The molecule has 1 aromatic heterocycles. The van der Waals surface area contributed by atoms with E-state index in [1.165, 1.54) is 22.3 Å². The number of ether oxygens (including phenoxy) is 1. The topological polar surface area (TPSA) is 34.1 Å². The van der Waals surface area contributed by atoms with Crippen molar-refractivity contribution in [1.29, 1.82) is 0 Å². The van der Waals surface area contributed by atoms with Crippen molar-refractivity contribution < 1.29 is 4.74 Å². The number of benzene rings is 1. The van der Waals surface area contributed by atoms with Crippen LogP contribution in [0.5, 0.6) is 5.75 Å². The third-order valence-electron chi connectivity index (χ3n) is 3.37. The molecule has 3 heteroatoms. The van der Waals surface area contributed by atoms with E-state index in [0.29, 0.717) is 0 Å². The second-order valence-corrected chi connectivity index (χ2v) is 4.89. The SMILES string of the molecule is CCCNCc1cc(OC)ccc1-c1ccncc1C. The molecule has 0 amide bonds. The van der Waals surface area contributed by atoms with Crippen LogP contribution in [-0.2, 0) is 6.54 Å². The van der Waals surface area contributed by atoms with Crippen LogP contribution in [0.25, 0.3) is 11.1 Å². The van der Waals surface area contributed by atoms with Gasteiger partial charge in [0.15, 0.2) is 0 Å². The summed E-state index contributed by atoms with van der Waals surface area (Å²) >= 11 is 0. The number of hydrogen-bond donors (Lipinski definition) is 1. The van der Waals surface area contributed by atoms with Gasteiger partial charge in [0, 0.05) is 18.9 Å². The first kappa shape index (κ1) is 14.5. The summed E-state index contributed by atoms with van der Waals surface area (Å²) in [6, 6.07) is 8.32. The molecule has 106 valence electrons. The van der Waals surface area contributed by atoms with E-state index in [1.54, 1.807) is 7.11 Å². The van der Waals surface area contributed by atoms with E-state index < -0.39 is 0 Å². The minimum Gasteiger partial charge on any atom is -0.497 e. The van der Waals surface area contributed by atoms with Crippen molar-refractivity contribution in [3.8, 4) is 16.9 Å². The highest BCUT2D eigenvalue weighted by Crippen LogP contribution is 2.29. The minimum absolute atomic E-state index is 0.849. The Kier molecular flexibility index (Phi) is 5.13. The largest absolute Gasteiger partial charge is 0.497 e. The fraction of sp³-hybridized carbons (Fsp3) is 0.353. The average Bonchev–Trinajstić information content (AvgIpc) is 2.48. The second-order valence-electron chi connectivity index (χ2n) is 4.89. The summed E-state index contributed by atoms with van der Waals surface area (Å²) in [7, 11) is 1.70. The first-order chi connectivity index (χ1) is 9.76. The lowest BCUT2D eigenvalue weighted by Crippen LogP contribution is -2.14. The second kappa shape index (κ2) is 7.06. The van der Waals surface area contributed by atoms with Crippen molar-refractivity contribution in [2.24, 2.45) is 0 Å². The number of pyridine rings is 1.